The van der Waals surface area contributed by atoms with Crippen molar-refractivity contribution < 1.29 is 4.74 Å². The molecule has 7 heteroatoms. The third-order valence-electron chi connectivity index (χ3n) is 2.22. The van der Waals surface area contributed by atoms with Gasteiger partial charge in [-0.2, -0.15) is 5.10 Å². The monoisotopic (exact) mass is 289 g/mol. The number of hydrogen-bond acceptors (Lipinski definition) is 3. The number of H-pyrrole nitrogens is 1. The fraction of sp³-hybridized carbons (Fsp3) is 0.200. The van der Waals surface area contributed by atoms with Crippen molar-refractivity contribution in [2.75, 3.05) is 0 Å². The number of benzene rings is 1. The third kappa shape index (κ3) is 2.80. The molecule has 0 unspecified atom stereocenters. The van der Waals surface area contributed by atoms with Crippen LogP contribution in [0.1, 0.15) is 5.82 Å². The van der Waals surface area contributed by atoms with Gasteiger partial charge >= 0.3 is 0 Å². The lowest BCUT2D eigenvalue weighted by molar-refractivity contribution is 0.291. The molecule has 0 fully saturated rings. The summed E-state index contributed by atoms with van der Waals surface area (Å²) in [5.74, 6) is 1.26. The molecule has 17 heavy (non-hydrogen) atoms. The molecule has 0 aliphatic rings. The van der Waals surface area contributed by atoms with Crippen molar-refractivity contribution in [2.24, 2.45) is 7.05 Å². The van der Waals surface area contributed by atoms with Crippen molar-refractivity contribution in [3.05, 3.63) is 38.8 Å². The standard InChI is InChI=1S/C10H9Cl2N3OS/c1-15-9(13-14-10(15)17)5-16-8-3-2-6(11)4-7(8)12/h2-4H,5H2,1H3,(H,14,17). The van der Waals surface area contributed by atoms with Crippen LogP contribution >= 0.6 is 35.4 Å². The number of nitrogens with one attached hydrogen (secondary N) is 1. The Labute approximate surface area is 113 Å². The summed E-state index contributed by atoms with van der Waals surface area (Å²) in [5, 5.41) is 7.74. The average Bonchev–Trinajstić information content (AvgIpc) is 2.59. The van der Waals surface area contributed by atoms with Gasteiger partial charge in [-0.15, -0.1) is 0 Å². The van der Waals surface area contributed by atoms with Gasteiger partial charge in [0, 0.05) is 12.1 Å². The summed E-state index contributed by atoms with van der Waals surface area (Å²) in [4.78, 5) is 0. The van der Waals surface area contributed by atoms with E-state index in [0.717, 1.165) is 0 Å². The summed E-state index contributed by atoms with van der Waals surface area (Å²) < 4.78 is 7.81. The van der Waals surface area contributed by atoms with Crippen molar-refractivity contribution >= 4 is 35.4 Å². The van der Waals surface area contributed by atoms with E-state index in [0.29, 0.717) is 26.4 Å². The highest BCUT2D eigenvalue weighted by Gasteiger charge is 2.06. The van der Waals surface area contributed by atoms with Gasteiger partial charge in [-0.1, -0.05) is 23.2 Å². The maximum Gasteiger partial charge on any atom is 0.194 e. The van der Waals surface area contributed by atoms with E-state index in [9.17, 15) is 0 Å². The Morgan fingerprint density at radius 1 is 1.47 bits per heavy atom. The minimum absolute atomic E-state index is 0.283. The molecule has 0 saturated heterocycles. The number of nitrogens with zero attached hydrogens (tertiary/aromatic N) is 2. The van der Waals surface area contributed by atoms with Gasteiger partial charge in [0.05, 0.1) is 5.02 Å². The van der Waals surface area contributed by atoms with E-state index in [2.05, 4.69) is 10.2 Å². The second kappa shape index (κ2) is 5.08. The quantitative estimate of drug-likeness (QED) is 0.881. The Bertz CT molecular complexity index is 593. The Hall–Kier alpha value is -1.04. The van der Waals surface area contributed by atoms with E-state index < -0.39 is 0 Å². The molecule has 1 N–H and O–H groups in total. The lowest BCUT2D eigenvalue weighted by atomic mass is 10.3. The Balaban J connectivity index is 2.12. The number of hydrogen-bond donors (Lipinski definition) is 1. The first-order valence-electron chi connectivity index (χ1n) is 4.76. The number of aromatic nitrogens is 3. The summed E-state index contributed by atoms with van der Waals surface area (Å²) in [6, 6.07) is 5.05. The predicted molar refractivity (Wildman–Crippen MR) is 69.2 cm³/mol. The van der Waals surface area contributed by atoms with Crippen molar-refractivity contribution in [3.8, 4) is 5.75 Å². The fourth-order valence-corrected chi connectivity index (χ4v) is 1.86. The van der Waals surface area contributed by atoms with Crippen LogP contribution in [0.2, 0.25) is 10.0 Å². The molecule has 1 heterocycles. The molecule has 0 bridgehead atoms. The van der Waals surface area contributed by atoms with E-state index in [1.807, 2.05) is 7.05 Å². The van der Waals surface area contributed by atoms with Crippen molar-refractivity contribution in [3.63, 3.8) is 0 Å². The number of rotatable bonds is 3. The van der Waals surface area contributed by atoms with E-state index >= 15 is 0 Å². The second-order valence-electron chi connectivity index (χ2n) is 3.37. The van der Waals surface area contributed by atoms with Gasteiger partial charge in [-0.05, 0) is 30.4 Å². The first-order valence-corrected chi connectivity index (χ1v) is 5.92. The molecule has 0 saturated carbocycles. The predicted octanol–water partition coefficient (Wildman–Crippen LogP) is 3.36. The maximum absolute atomic E-state index is 5.98. The largest absolute Gasteiger partial charge is 0.484 e. The van der Waals surface area contributed by atoms with Crippen LogP contribution in [-0.2, 0) is 13.7 Å². The van der Waals surface area contributed by atoms with Crippen molar-refractivity contribution in [1.82, 2.24) is 14.8 Å². The summed E-state index contributed by atoms with van der Waals surface area (Å²) in [7, 11) is 1.81. The molecule has 90 valence electrons. The molecule has 0 spiro atoms. The van der Waals surface area contributed by atoms with Crippen molar-refractivity contribution in [1.29, 1.82) is 0 Å². The lowest BCUT2D eigenvalue weighted by Crippen LogP contribution is -2.03. The van der Waals surface area contributed by atoms with Crippen LogP contribution in [0.4, 0.5) is 0 Å². The van der Waals surface area contributed by atoms with Gasteiger partial charge in [0.2, 0.25) is 0 Å². The molecule has 0 amide bonds. The first-order chi connectivity index (χ1) is 8.08. The van der Waals surface area contributed by atoms with Gasteiger partial charge in [0.15, 0.2) is 10.6 Å². The minimum Gasteiger partial charge on any atom is -0.484 e. The molecule has 1 aromatic heterocycles. The normalized spacial score (nSPS) is 10.5. The average molecular weight is 290 g/mol. The Morgan fingerprint density at radius 3 is 2.82 bits per heavy atom. The van der Waals surface area contributed by atoms with Crippen LogP contribution in [0.25, 0.3) is 0 Å². The van der Waals surface area contributed by atoms with E-state index in [4.69, 9.17) is 40.2 Å². The minimum atomic E-state index is 0.283. The van der Waals surface area contributed by atoms with Gasteiger partial charge < -0.3 is 9.30 Å². The molecular weight excluding hydrogens is 281 g/mol. The molecule has 4 nitrogen and oxygen atoms in total. The van der Waals surface area contributed by atoms with Gasteiger partial charge in [-0.3, -0.25) is 5.10 Å². The van der Waals surface area contributed by atoms with Gasteiger partial charge in [0.25, 0.3) is 0 Å². The van der Waals surface area contributed by atoms with E-state index in [1.54, 1.807) is 22.8 Å². The third-order valence-corrected chi connectivity index (χ3v) is 3.12. The zero-order chi connectivity index (χ0) is 12.4. The molecule has 0 aliphatic carbocycles. The van der Waals surface area contributed by atoms with E-state index in [-0.39, 0.29) is 6.61 Å². The zero-order valence-corrected chi connectivity index (χ0v) is 11.2. The zero-order valence-electron chi connectivity index (χ0n) is 8.91. The molecule has 2 rings (SSSR count). The Morgan fingerprint density at radius 2 is 2.24 bits per heavy atom. The highest BCUT2D eigenvalue weighted by atomic mass is 35.5. The van der Waals surface area contributed by atoms with Crippen LogP contribution in [0.3, 0.4) is 0 Å². The molecule has 0 aliphatic heterocycles. The summed E-state index contributed by atoms with van der Waals surface area (Å²) in [6.45, 7) is 0.283. The summed E-state index contributed by atoms with van der Waals surface area (Å²) in [6.07, 6.45) is 0. The first kappa shape index (κ1) is 12.4. The van der Waals surface area contributed by atoms with Crippen LogP contribution in [0.5, 0.6) is 5.75 Å². The number of halogens is 2. The van der Waals surface area contributed by atoms with Crippen LogP contribution in [-0.4, -0.2) is 14.8 Å². The molecule has 2 aromatic rings. The molecule has 0 radical (unpaired) electrons. The van der Waals surface area contributed by atoms with Gasteiger partial charge in [0.1, 0.15) is 12.4 Å². The second-order valence-corrected chi connectivity index (χ2v) is 4.60. The maximum atomic E-state index is 5.98. The van der Waals surface area contributed by atoms with Crippen LogP contribution in [0, 0.1) is 4.77 Å². The molecule has 1 aromatic carbocycles. The lowest BCUT2D eigenvalue weighted by Gasteiger charge is -2.07. The topological polar surface area (TPSA) is 42.8 Å². The highest BCUT2D eigenvalue weighted by molar-refractivity contribution is 7.71. The van der Waals surface area contributed by atoms with Gasteiger partial charge in [-0.25, -0.2) is 0 Å². The van der Waals surface area contributed by atoms with E-state index in [1.165, 1.54) is 0 Å². The summed E-state index contributed by atoms with van der Waals surface area (Å²) >= 11 is 16.8. The summed E-state index contributed by atoms with van der Waals surface area (Å²) in [5.41, 5.74) is 0. The molecular formula is C10H9Cl2N3OS. The van der Waals surface area contributed by atoms with Crippen molar-refractivity contribution in [2.45, 2.75) is 6.61 Å². The SMILES string of the molecule is Cn1c(COc2ccc(Cl)cc2Cl)n[nH]c1=S. The number of aromatic amines is 1. The van der Waals surface area contributed by atoms with Crippen LogP contribution in [0.15, 0.2) is 18.2 Å². The molecule has 0 atom stereocenters. The Kier molecular flexibility index (Phi) is 3.71. The fourth-order valence-electron chi connectivity index (χ4n) is 1.24. The smallest absolute Gasteiger partial charge is 0.194 e. The van der Waals surface area contributed by atoms with Crippen LogP contribution < -0.4 is 4.74 Å². The number of ether oxygens (including phenoxy) is 1. The highest BCUT2D eigenvalue weighted by Crippen LogP contribution is 2.27.